The fourth-order valence-electron chi connectivity index (χ4n) is 1.59. The van der Waals surface area contributed by atoms with Crippen LogP contribution in [0.3, 0.4) is 0 Å². The SMILES string of the molecule is COc1ccc(C#CCN)c(COCCC(C)C)c1. The van der Waals surface area contributed by atoms with Gasteiger partial charge in [-0.3, -0.25) is 0 Å². The van der Waals surface area contributed by atoms with E-state index < -0.39 is 0 Å². The molecule has 0 aromatic heterocycles. The summed E-state index contributed by atoms with van der Waals surface area (Å²) in [6, 6.07) is 5.82. The highest BCUT2D eigenvalue weighted by molar-refractivity contribution is 5.45. The van der Waals surface area contributed by atoms with Gasteiger partial charge in [-0.25, -0.2) is 0 Å². The Bertz CT molecular complexity index is 444. The van der Waals surface area contributed by atoms with Gasteiger partial charge in [-0.1, -0.05) is 25.7 Å². The largest absolute Gasteiger partial charge is 0.497 e. The molecule has 0 unspecified atom stereocenters. The summed E-state index contributed by atoms with van der Waals surface area (Å²) in [5, 5.41) is 0. The standard InChI is InChI=1S/C16H23NO2/c1-13(2)8-10-19-12-15-11-16(18-3)7-6-14(15)5-4-9-17/h6-7,11,13H,8-10,12,17H2,1-3H3. The second-order valence-electron chi connectivity index (χ2n) is 4.76. The molecule has 1 aromatic carbocycles. The van der Waals surface area contributed by atoms with Gasteiger partial charge in [-0.15, -0.1) is 0 Å². The highest BCUT2D eigenvalue weighted by Crippen LogP contribution is 2.18. The highest BCUT2D eigenvalue weighted by atomic mass is 16.5. The van der Waals surface area contributed by atoms with E-state index in [0.29, 0.717) is 19.1 Å². The molecule has 1 rings (SSSR count). The van der Waals surface area contributed by atoms with Crippen molar-refractivity contribution < 1.29 is 9.47 Å². The summed E-state index contributed by atoms with van der Waals surface area (Å²) in [6.45, 7) is 6.05. The van der Waals surface area contributed by atoms with E-state index in [4.69, 9.17) is 15.2 Å². The first kappa shape index (κ1) is 15.6. The van der Waals surface area contributed by atoms with Gasteiger partial charge in [0.15, 0.2) is 0 Å². The zero-order valence-corrected chi connectivity index (χ0v) is 12.0. The van der Waals surface area contributed by atoms with Crippen molar-refractivity contribution in [2.75, 3.05) is 20.3 Å². The molecule has 0 aliphatic rings. The number of ether oxygens (including phenoxy) is 2. The molecule has 0 fully saturated rings. The van der Waals surface area contributed by atoms with Crippen molar-refractivity contribution in [3.05, 3.63) is 29.3 Å². The molecule has 0 saturated heterocycles. The minimum Gasteiger partial charge on any atom is -0.497 e. The topological polar surface area (TPSA) is 44.5 Å². The van der Waals surface area contributed by atoms with Crippen molar-refractivity contribution in [1.29, 1.82) is 0 Å². The first-order chi connectivity index (χ1) is 9.17. The van der Waals surface area contributed by atoms with Gasteiger partial charge in [0.1, 0.15) is 5.75 Å². The number of benzene rings is 1. The summed E-state index contributed by atoms with van der Waals surface area (Å²) in [6.07, 6.45) is 1.06. The van der Waals surface area contributed by atoms with Gasteiger partial charge in [0.2, 0.25) is 0 Å². The molecular weight excluding hydrogens is 238 g/mol. The van der Waals surface area contributed by atoms with Gasteiger partial charge < -0.3 is 15.2 Å². The quantitative estimate of drug-likeness (QED) is 0.632. The van der Waals surface area contributed by atoms with E-state index in [1.165, 1.54) is 0 Å². The summed E-state index contributed by atoms with van der Waals surface area (Å²) in [5.74, 6) is 7.41. The average Bonchev–Trinajstić information content (AvgIpc) is 2.41. The molecule has 19 heavy (non-hydrogen) atoms. The van der Waals surface area contributed by atoms with E-state index in [2.05, 4.69) is 25.7 Å². The van der Waals surface area contributed by atoms with Crippen LogP contribution in [0, 0.1) is 17.8 Å². The van der Waals surface area contributed by atoms with E-state index in [0.717, 1.165) is 29.9 Å². The lowest BCUT2D eigenvalue weighted by molar-refractivity contribution is 0.110. The number of rotatable bonds is 6. The van der Waals surface area contributed by atoms with Crippen molar-refractivity contribution in [2.45, 2.75) is 26.9 Å². The molecule has 3 heteroatoms. The van der Waals surface area contributed by atoms with Crippen LogP contribution in [-0.2, 0) is 11.3 Å². The van der Waals surface area contributed by atoms with Crippen LogP contribution in [-0.4, -0.2) is 20.3 Å². The van der Waals surface area contributed by atoms with Crippen LogP contribution in [0.1, 0.15) is 31.4 Å². The van der Waals surface area contributed by atoms with Crippen LogP contribution in [0.15, 0.2) is 18.2 Å². The molecule has 0 bridgehead atoms. The Hall–Kier alpha value is -1.50. The second-order valence-corrected chi connectivity index (χ2v) is 4.76. The Kier molecular flexibility index (Phi) is 7.02. The molecular formula is C16H23NO2. The Morgan fingerprint density at radius 1 is 1.32 bits per heavy atom. The third-order valence-electron chi connectivity index (χ3n) is 2.73. The zero-order chi connectivity index (χ0) is 14.1. The summed E-state index contributed by atoms with van der Waals surface area (Å²) in [4.78, 5) is 0. The van der Waals surface area contributed by atoms with E-state index in [1.807, 2.05) is 18.2 Å². The van der Waals surface area contributed by atoms with E-state index in [9.17, 15) is 0 Å². The van der Waals surface area contributed by atoms with Gasteiger partial charge in [0.05, 0.1) is 20.3 Å². The lowest BCUT2D eigenvalue weighted by Crippen LogP contribution is -2.01. The van der Waals surface area contributed by atoms with Gasteiger partial charge in [-0.05, 0) is 36.1 Å². The summed E-state index contributed by atoms with van der Waals surface area (Å²) in [5.41, 5.74) is 7.41. The van der Waals surface area contributed by atoms with Gasteiger partial charge in [0, 0.05) is 12.2 Å². The molecule has 0 saturated carbocycles. The van der Waals surface area contributed by atoms with Gasteiger partial charge >= 0.3 is 0 Å². The van der Waals surface area contributed by atoms with Crippen molar-refractivity contribution in [3.63, 3.8) is 0 Å². The van der Waals surface area contributed by atoms with Crippen LogP contribution in [0.5, 0.6) is 5.75 Å². The maximum atomic E-state index is 5.70. The molecule has 1 aromatic rings. The Labute approximate surface area is 116 Å². The van der Waals surface area contributed by atoms with Crippen molar-refractivity contribution in [3.8, 4) is 17.6 Å². The number of hydrogen-bond acceptors (Lipinski definition) is 3. The molecule has 0 heterocycles. The first-order valence-corrected chi connectivity index (χ1v) is 6.61. The molecule has 0 amide bonds. The van der Waals surface area contributed by atoms with Crippen molar-refractivity contribution in [1.82, 2.24) is 0 Å². The molecule has 3 nitrogen and oxygen atoms in total. The normalized spacial score (nSPS) is 10.2. The van der Waals surface area contributed by atoms with Crippen molar-refractivity contribution in [2.24, 2.45) is 11.7 Å². The van der Waals surface area contributed by atoms with Crippen LogP contribution in [0.2, 0.25) is 0 Å². The first-order valence-electron chi connectivity index (χ1n) is 6.61. The molecule has 2 N–H and O–H groups in total. The van der Waals surface area contributed by atoms with Crippen molar-refractivity contribution >= 4 is 0 Å². The minimum absolute atomic E-state index is 0.361. The van der Waals surface area contributed by atoms with Crippen LogP contribution >= 0.6 is 0 Å². The number of methoxy groups -OCH3 is 1. The molecule has 0 aliphatic heterocycles. The summed E-state index contributed by atoms with van der Waals surface area (Å²) in [7, 11) is 1.66. The molecule has 0 atom stereocenters. The maximum absolute atomic E-state index is 5.70. The van der Waals surface area contributed by atoms with Gasteiger partial charge in [-0.2, -0.15) is 0 Å². The summed E-state index contributed by atoms with van der Waals surface area (Å²) < 4.78 is 10.9. The second kappa shape index (κ2) is 8.58. The fraction of sp³-hybridized carbons (Fsp3) is 0.500. The van der Waals surface area contributed by atoms with Crippen LogP contribution in [0.25, 0.3) is 0 Å². The van der Waals surface area contributed by atoms with Crippen LogP contribution in [0.4, 0.5) is 0 Å². The lowest BCUT2D eigenvalue weighted by atomic mass is 10.1. The third kappa shape index (κ3) is 5.78. The maximum Gasteiger partial charge on any atom is 0.119 e. The smallest absolute Gasteiger partial charge is 0.119 e. The van der Waals surface area contributed by atoms with E-state index >= 15 is 0 Å². The molecule has 0 spiro atoms. The molecule has 104 valence electrons. The Morgan fingerprint density at radius 3 is 2.74 bits per heavy atom. The monoisotopic (exact) mass is 261 g/mol. The lowest BCUT2D eigenvalue weighted by Gasteiger charge is -2.09. The Morgan fingerprint density at radius 2 is 2.11 bits per heavy atom. The third-order valence-corrected chi connectivity index (χ3v) is 2.73. The van der Waals surface area contributed by atoms with Gasteiger partial charge in [0.25, 0.3) is 0 Å². The summed E-state index contributed by atoms with van der Waals surface area (Å²) >= 11 is 0. The van der Waals surface area contributed by atoms with E-state index in [1.54, 1.807) is 7.11 Å². The minimum atomic E-state index is 0.361. The van der Waals surface area contributed by atoms with E-state index in [-0.39, 0.29) is 0 Å². The highest BCUT2D eigenvalue weighted by Gasteiger charge is 2.03. The zero-order valence-electron chi connectivity index (χ0n) is 12.0. The molecule has 0 aliphatic carbocycles. The fourth-order valence-corrected chi connectivity index (χ4v) is 1.59. The average molecular weight is 261 g/mol. The van der Waals surface area contributed by atoms with Crippen LogP contribution < -0.4 is 10.5 Å². The predicted octanol–water partition coefficient (Wildman–Crippen LogP) is 2.57. The number of nitrogens with two attached hydrogens (primary N) is 1. The predicted molar refractivity (Wildman–Crippen MR) is 78.0 cm³/mol. The molecule has 0 radical (unpaired) electrons. The number of hydrogen-bond donors (Lipinski definition) is 1. The Balaban J connectivity index is 2.71.